The quantitative estimate of drug-likeness (QED) is 0.910. The van der Waals surface area contributed by atoms with Crippen molar-refractivity contribution < 1.29 is 14.6 Å². The maximum Gasteiger partial charge on any atom is 0.219 e. The van der Waals surface area contributed by atoms with Gasteiger partial charge in [0.1, 0.15) is 12.7 Å². The van der Waals surface area contributed by atoms with E-state index in [2.05, 4.69) is 4.99 Å². The number of ether oxygens (including phenoxy) is 2. The van der Waals surface area contributed by atoms with E-state index in [4.69, 9.17) is 9.47 Å². The molecule has 0 amide bonds. The summed E-state index contributed by atoms with van der Waals surface area (Å²) >= 11 is 0. The second-order valence-corrected chi connectivity index (χ2v) is 7.26. The van der Waals surface area contributed by atoms with Crippen LogP contribution in [0.15, 0.2) is 29.3 Å². The van der Waals surface area contributed by atoms with Crippen molar-refractivity contribution in [2.75, 3.05) is 6.61 Å². The van der Waals surface area contributed by atoms with E-state index < -0.39 is 17.3 Å². The molecule has 0 spiro atoms. The summed E-state index contributed by atoms with van der Waals surface area (Å²) in [7, 11) is 0. The van der Waals surface area contributed by atoms with Crippen molar-refractivity contribution in [2.45, 2.75) is 57.5 Å². The fourth-order valence-corrected chi connectivity index (χ4v) is 3.07. The predicted molar refractivity (Wildman–Crippen MR) is 81.4 cm³/mol. The Morgan fingerprint density at radius 3 is 2.52 bits per heavy atom. The van der Waals surface area contributed by atoms with Crippen LogP contribution in [0.4, 0.5) is 0 Å². The van der Waals surface area contributed by atoms with E-state index in [0.717, 1.165) is 11.1 Å². The summed E-state index contributed by atoms with van der Waals surface area (Å²) < 4.78 is 11.8. The minimum Gasteiger partial charge on any atom is -0.476 e. The molecule has 0 fully saturated rings. The molecule has 2 atom stereocenters. The summed E-state index contributed by atoms with van der Waals surface area (Å²) in [4.78, 5) is 4.52. The number of fused-ring (bicyclic) bond motifs is 1. The van der Waals surface area contributed by atoms with Crippen molar-refractivity contribution in [3.63, 3.8) is 0 Å². The average Bonchev–Trinajstić information content (AvgIpc) is 2.89. The molecular formula is C17H23NO3. The van der Waals surface area contributed by atoms with Gasteiger partial charge in [-0.1, -0.05) is 24.3 Å². The normalized spacial score (nSPS) is 28.5. The fourth-order valence-electron chi connectivity index (χ4n) is 3.07. The van der Waals surface area contributed by atoms with E-state index in [0.29, 0.717) is 12.5 Å². The van der Waals surface area contributed by atoms with Gasteiger partial charge in [0.25, 0.3) is 0 Å². The first-order chi connectivity index (χ1) is 9.63. The van der Waals surface area contributed by atoms with Crippen LogP contribution in [0.1, 0.15) is 51.8 Å². The van der Waals surface area contributed by atoms with Crippen molar-refractivity contribution in [1.29, 1.82) is 0 Å². The van der Waals surface area contributed by atoms with Gasteiger partial charge in [0.15, 0.2) is 5.60 Å². The van der Waals surface area contributed by atoms with Crippen LogP contribution in [0.2, 0.25) is 0 Å². The third-order valence-electron chi connectivity index (χ3n) is 4.21. The Balaban J connectivity index is 2.02. The highest BCUT2D eigenvalue weighted by Gasteiger charge is 2.51. The zero-order valence-electron chi connectivity index (χ0n) is 13.3. The Morgan fingerprint density at radius 1 is 1.24 bits per heavy atom. The topological polar surface area (TPSA) is 51.0 Å². The second kappa shape index (κ2) is 4.31. The van der Waals surface area contributed by atoms with Gasteiger partial charge >= 0.3 is 0 Å². The van der Waals surface area contributed by atoms with Gasteiger partial charge in [0.05, 0.1) is 11.1 Å². The lowest BCUT2D eigenvalue weighted by Crippen LogP contribution is -2.42. The largest absolute Gasteiger partial charge is 0.476 e. The van der Waals surface area contributed by atoms with Gasteiger partial charge in [-0.3, -0.25) is 0 Å². The molecule has 2 heterocycles. The van der Waals surface area contributed by atoms with Crippen molar-refractivity contribution >= 4 is 5.90 Å². The van der Waals surface area contributed by atoms with E-state index in [1.807, 2.05) is 52.0 Å². The number of nitrogens with zero attached hydrogens (tertiary/aromatic N) is 1. The van der Waals surface area contributed by atoms with Crippen LogP contribution in [0, 0.1) is 0 Å². The lowest BCUT2D eigenvalue weighted by molar-refractivity contribution is -0.124. The van der Waals surface area contributed by atoms with Crippen LogP contribution in [-0.4, -0.2) is 28.8 Å². The first kappa shape index (κ1) is 14.5. The van der Waals surface area contributed by atoms with Gasteiger partial charge in [0.2, 0.25) is 5.90 Å². The molecule has 4 heteroatoms. The van der Waals surface area contributed by atoms with Gasteiger partial charge in [-0.05, 0) is 45.7 Å². The summed E-state index contributed by atoms with van der Waals surface area (Å²) in [6.45, 7) is 10.2. The molecule has 2 aliphatic rings. The predicted octanol–water partition coefficient (Wildman–Crippen LogP) is 2.95. The lowest BCUT2D eigenvalue weighted by atomic mass is 9.89. The summed E-state index contributed by atoms with van der Waals surface area (Å²) in [6.07, 6.45) is -0.476. The Hall–Kier alpha value is -1.39. The number of aliphatic hydroxyl groups is 1. The Kier molecular flexibility index (Phi) is 2.98. The van der Waals surface area contributed by atoms with Gasteiger partial charge in [-0.25, -0.2) is 4.99 Å². The molecule has 4 nitrogen and oxygen atoms in total. The van der Waals surface area contributed by atoms with E-state index in [1.165, 1.54) is 0 Å². The molecule has 0 aromatic heterocycles. The molecule has 0 saturated carbocycles. The SMILES string of the molecule is CC1(C)COC([C@@](C)(O)[C@H]2OC(C)(C)c3ccccc32)=N1. The Morgan fingerprint density at radius 2 is 1.90 bits per heavy atom. The number of hydrogen-bond acceptors (Lipinski definition) is 4. The van der Waals surface area contributed by atoms with Crippen LogP contribution in [0.25, 0.3) is 0 Å². The molecule has 0 bridgehead atoms. The number of rotatable bonds is 2. The van der Waals surface area contributed by atoms with Gasteiger partial charge < -0.3 is 14.6 Å². The standard InChI is InChI=1S/C17H23NO3/c1-15(2)10-20-14(18-15)17(5,19)13-11-8-6-7-9-12(11)16(3,4)21-13/h6-9,13,19H,10H2,1-5H3/t13-,17-/m0/s1. The summed E-state index contributed by atoms with van der Waals surface area (Å²) in [5.74, 6) is 0.366. The monoisotopic (exact) mass is 289 g/mol. The van der Waals surface area contributed by atoms with Crippen molar-refractivity contribution in [2.24, 2.45) is 4.99 Å². The first-order valence-corrected chi connectivity index (χ1v) is 7.36. The van der Waals surface area contributed by atoms with Crippen LogP contribution >= 0.6 is 0 Å². The number of hydrogen-bond donors (Lipinski definition) is 1. The third kappa shape index (κ3) is 2.27. The molecule has 0 radical (unpaired) electrons. The highest BCUT2D eigenvalue weighted by atomic mass is 16.5. The first-order valence-electron chi connectivity index (χ1n) is 7.36. The van der Waals surface area contributed by atoms with Gasteiger partial charge in [-0.2, -0.15) is 0 Å². The molecule has 1 N–H and O–H groups in total. The second-order valence-electron chi connectivity index (χ2n) is 7.26. The fraction of sp³-hybridized carbons (Fsp3) is 0.588. The molecule has 0 saturated heterocycles. The zero-order valence-corrected chi connectivity index (χ0v) is 13.3. The highest BCUT2D eigenvalue weighted by Crippen LogP contribution is 2.48. The Labute approximate surface area is 125 Å². The van der Waals surface area contributed by atoms with Gasteiger partial charge in [-0.15, -0.1) is 0 Å². The van der Waals surface area contributed by atoms with Crippen LogP contribution < -0.4 is 0 Å². The summed E-state index contributed by atoms with van der Waals surface area (Å²) in [6, 6.07) is 8.01. The molecule has 0 aliphatic carbocycles. The zero-order chi connectivity index (χ0) is 15.5. The number of aliphatic imine (C=N–C) groups is 1. The molecule has 2 aliphatic heterocycles. The molecule has 114 valence electrons. The molecule has 21 heavy (non-hydrogen) atoms. The minimum absolute atomic E-state index is 0.299. The average molecular weight is 289 g/mol. The summed E-state index contributed by atoms with van der Waals surface area (Å²) in [5, 5.41) is 11.0. The maximum atomic E-state index is 11.0. The third-order valence-corrected chi connectivity index (χ3v) is 4.21. The maximum absolute atomic E-state index is 11.0. The van der Waals surface area contributed by atoms with Crippen molar-refractivity contribution in [1.82, 2.24) is 0 Å². The Bertz CT molecular complexity index is 602. The van der Waals surface area contributed by atoms with Crippen molar-refractivity contribution in [3.8, 4) is 0 Å². The van der Waals surface area contributed by atoms with E-state index >= 15 is 0 Å². The number of benzene rings is 1. The van der Waals surface area contributed by atoms with Gasteiger partial charge in [0, 0.05) is 0 Å². The molecule has 0 unspecified atom stereocenters. The smallest absolute Gasteiger partial charge is 0.219 e. The molecule has 1 aromatic rings. The van der Waals surface area contributed by atoms with Crippen LogP contribution in [0.5, 0.6) is 0 Å². The molecule has 3 rings (SSSR count). The summed E-state index contributed by atoms with van der Waals surface area (Å²) in [5.41, 5.74) is 0.0986. The minimum atomic E-state index is -1.28. The van der Waals surface area contributed by atoms with Crippen LogP contribution in [-0.2, 0) is 15.1 Å². The highest BCUT2D eigenvalue weighted by molar-refractivity contribution is 5.87. The molecule has 1 aromatic carbocycles. The molecular weight excluding hydrogens is 266 g/mol. The van der Waals surface area contributed by atoms with E-state index in [1.54, 1.807) is 6.92 Å². The lowest BCUT2D eigenvalue weighted by Gasteiger charge is -2.31. The van der Waals surface area contributed by atoms with E-state index in [9.17, 15) is 5.11 Å². The van der Waals surface area contributed by atoms with Crippen molar-refractivity contribution in [3.05, 3.63) is 35.4 Å². The van der Waals surface area contributed by atoms with Crippen LogP contribution in [0.3, 0.4) is 0 Å². The van der Waals surface area contributed by atoms with E-state index in [-0.39, 0.29) is 5.54 Å².